The minimum atomic E-state index is -0.609. The maximum Gasteiger partial charge on any atom is 0.274 e. The average Bonchev–Trinajstić information content (AvgIpc) is 3.35. The SMILES string of the molecule is O=C(CNCc1ccncn1)Nc1cc(C2CC3(CNC3)C2)cnc1C(=O)N1CCC(CN2CCN(CC(=O)N3CCN(C(=O)c4cc(Cc5n[nH]c(=O)c6ccccc56)ccc4F)CC3)CC2)CC1. The monoisotopic (exact) mass is 953 g/mol. The number of rotatable bonds is 14. The minimum absolute atomic E-state index is 0.0242. The van der Waals surface area contributed by atoms with Crippen LogP contribution in [0.4, 0.5) is 10.1 Å². The Hall–Kier alpha value is -6.54. The number of likely N-dealkylation sites (tertiary alicyclic amines) is 1. The summed E-state index contributed by atoms with van der Waals surface area (Å²) in [6, 6.07) is 15.4. The van der Waals surface area contributed by atoms with Gasteiger partial charge < -0.3 is 35.6 Å². The predicted molar refractivity (Wildman–Crippen MR) is 259 cm³/mol. The number of fused-ring (bicyclic) bond motifs is 1. The number of piperazine rings is 2. The van der Waals surface area contributed by atoms with Gasteiger partial charge in [0.15, 0.2) is 5.69 Å². The number of aromatic nitrogens is 5. The second-order valence-electron chi connectivity index (χ2n) is 19.7. The van der Waals surface area contributed by atoms with E-state index in [1.54, 1.807) is 46.3 Å². The van der Waals surface area contributed by atoms with E-state index < -0.39 is 11.7 Å². The first-order valence-corrected chi connectivity index (χ1v) is 24.6. The molecule has 5 aromatic rings. The number of nitrogens with zero attached hydrogens (tertiary/aromatic N) is 9. The molecule has 1 spiro atoms. The number of amides is 4. The summed E-state index contributed by atoms with van der Waals surface area (Å²) in [7, 11) is 0. The van der Waals surface area contributed by atoms with Crippen LogP contribution in [0.2, 0.25) is 0 Å². The van der Waals surface area contributed by atoms with E-state index >= 15 is 4.39 Å². The number of piperidine rings is 1. The normalized spacial score (nSPS) is 19.0. The summed E-state index contributed by atoms with van der Waals surface area (Å²) in [4.78, 5) is 89.3. The Morgan fingerprint density at radius 1 is 0.800 bits per heavy atom. The van der Waals surface area contributed by atoms with Gasteiger partial charge in [0.1, 0.15) is 12.1 Å². The average molecular weight is 954 g/mol. The Bertz CT molecular complexity index is 2780. The van der Waals surface area contributed by atoms with Crippen molar-refractivity contribution >= 4 is 40.1 Å². The Kier molecular flexibility index (Phi) is 14.0. The molecule has 0 atom stereocenters. The summed E-state index contributed by atoms with van der Waals surface area (Å²) >= 11 is 0. The van der Waals surface area contributed by atoms with Gasteiger partial charge in [0.2, 0.25) is 11.8 Å². The molecular weight excluding hydrogens is 894 g/mol. The number of aromatic amines is 1. The topological polar surface area (TPSA) is 205 Å². The third kappa shape index (κ3) is 10.6. The molecule has 366 valence electrons. The predicted octanol–water partition coefficient (Wildman–Crippen LogP) is 2.49. The van der Waals surface area contributed by atoms with Crippen LogP contribution in [0.15, 0.2) is 78.1 Å². The largest absolute Gasteiger partial charge is 0.338 e. The number of anilines is 1. The van der Waals surface area contributed by atoms with E-state index in [1.807, 2.05) is 29.3 Å². The van der Waals surface area contributed by atoms with Gasteiger partial charge >= 0.3 is 0 Å². The van der Waals surface area contributed by atoms with E-state index in [1.165, 1.54) is 12.4 Å². The standard InChI is InChI=1S/C51H60FN13O5/c52-42-6-5-35(22-43-39-3-1-2-4-40(39)48(68)60-59-43)21-41(42)49(69)65-19-17-63(18-20-65)46(67)30-62-15-13-61(14-16-62)29-34-8-11-64(12-9-34)50(70)47-44(58-45(66)28-54-27-38-7-10-53-33-57-38)23-36(26-56-47)37-24-51(25-37)31-55-32-51/h1-7,10,21,23,26,33-34,37,54-55H,8-9,11-20,22,24-25,27-32H2,(H,58,66)(H,60,68). The van der Waals surface area contributed by atoms with Crippen molar-refractivity contribution in [2.45, 2.75) is 44.6 Å². The van der Waals surface area contributed by atoms with Crippen LogP contribution in [-0.4, -0.2) is 171 Å². The molecule has 0 unspecified atom stereocenters. The molecule has 70 heavy (non-hydrogen) atoms. The molecule has 18 nitrogen and oxygen atoms in total. The zero-order valence-corrected chi connectivity index (χ0v) is 39.4. The summed E-state index contributed by atoms with van der Waals surface area (Å²) in [6.45, 7) is 9.61. The van der Waals surface area contributed by atoms with Crippen molar-refractivity contribution in [1.82, 2.24) is 60.3 Å². The van der Waals surface area contributed by atoms with Crippen molar-refractivity contribution in [3.8, 4) is 0 Å². The molecule has 19 heteroatoms. The number of hydrogen-bond acceptors (Lipinski definition) is 13. The highest BCUT2D eigenvalue weighted by atomic mass is 19.1. The van der Waals surface area contributed by atoms with Gasteiger partial charge in [-0.3, -0.25) is 28.9 Å². The van der Waals surface area contributed by atoms with Gasteiger partial charge in [-0.05, 0) is 84.4 Å². The van der Waals surface area contributed by atoms with Gasteiger partial charge in [-0.2, -0.15) is 5.10 Å². The van der Waals surface area contributed by atoms with Crippen LogP contribution in [0.5, 0.6) is 0 Å². The lowest BCUT2D eigenvalue weighted by Crippen LogP contribution is -2.59. The summed E-state index contributed by atoms with van der Waals surface area (Å²) in [5.41, 5.74) is 3.95. The van der Waals surface area contributed by atoms with Crippen LogP contribution < -0.4 is 21.5 Å². The highest BCUT2D eigenvalue weighted by Gasteiger charge is 2.49. The quantitative estimate of drug-likeness (QED) is 0.127. The first-order valence-electron chi connectivity index (χ1n) is 24.6. The number of hydrogen-bond donors (Lipinski definition) is 4. The van der Waals surface area contributed by atoms with Crippen molar-refractivity contribution in [2.24, 2.45) is 11.3 Å². The number of benzene rings is 2. The molecule has 0 bridgehead atoms. The Morgan fingerprint density at radius 2 is 1.53 bits per heavy atom. The fourth-order valence-corrected chi connectivity index (χ4v) is 10.8. The Labute approximate surface area is 405 Å². The van der Waals surface area contributed by atoms with Gasteiger partial charge in [-0.1, -0.05) is 24.3 Å². The van der Waals surface area contributed by atoms with Crippen molar-refractivity contribution < 1.29 is 23.6 Å². The van der Waals surface area contributed by atoms with Gasteiger partial charge in [0.05, 0.1) is 41.1 Å². The summed E-state index contributed by atoms with van der Waals surface area (Å²) in [5, 5.41) is 17.5. The maximum atomic E-state index is 15.1. The fraction of sp³-hybridized carbons (Fsp3) is 0.471. The molecule has 4 aliphatic heterocycles. The van der Waals surface area contributed by atoms with E-state index in [9.17, 15) is 24.0 Å². The second kappa shape index (κ2) is 20.8. The van der Waals surface area contributed by atoms with E-state index in [0.717, 1.165) is 82.8 Å². The number of halogens is 1. The zero-order chi connectivity index (χ0) is 48.2. The number of pyridine rings is 1. The smallest absolute Gasteiger partial charge is 0.274 e. The Morgan fingerprint density at radius 3 is 2.26 bits per heavy atom. The molecule has 4 amide bonds. The molecule has 1 aliphatic carbocycles. The van der Waals surface area contributed by atoms with Crippen LogP contribution >= 0.6 is 0 Å². The molecule has 5 aliphatic rings. The summed E-state index contributed by atoms with van der Waals surface area (Å²) < 4.78 is 15.1. The van der Waals surface area contributed by atoms with E-state index in [0.29, 0.717) is 104 Å². The number of nitrogens with one attached hydrogen (secondary N) is 4. The van der Waals surface area contributed by atoms with Crippen LogP contribution in [0.1, 0.15) is 75.0 Å². The van der Waals surface area contributed by atoms with E-state index in [-0.39, 0.29) is 41.1 Å². The zero-order valence-electron chi connectivity index (χ0n) is 39.4. The van der Waals surface area contributed by atoms with Crippen LogP contribution in [0.3, 0.4) is 0 Å². The van der Waals surface area contributed by atoms with E-state index in [2.05, 4.69) is 45.9 Å². The second-order valence-corrected chi connectivity index (χ2v) is 19.7. The molecule has 3 aromatic heterocycles. The number of carbonyl (C=O) groups excluding carboxylic acids is 4. The summed E-state index contributed by atoms with van der Waals surface area (Å²) in [6.07, 6.45) is 9.16. The lowest BCUT2D eigenvalue weighted by Gasteiger charge is -2.54. The molecule has 0 radical (unpaired) electrons. The molecule has 7 heterocycles. The molecule has 4 saturated heterocycles. The summed E-state index contributed by atoms with van der Waals surface area (Å²) in [5.74, 6) is -0.629. The lowest BCUT2D eigenvalue weighted by atomic mass is 9.57. The first kappa shape index (κ1) is 47.2. The molecule has 4 N–H and O–H groups in total. The molecule has 10 rings (SSSR count). The molecule has 2 aromatic carbocycles. The van der Waals surface area contributed by atoms with Crippen LogP contribution in [0.25, 0.3) is 10.8 Å². The molecular formula is C51H60FN13O5. The van der Waals surface area contributed by atoms with Crippen molar-refractivity contribution in [3.63, 3.8) is 0 Å². The molecule has 1 saturated carbocycles. The van der Waals surface area contributed by atoms with Gasteiger partial charge in [-0.15, -0.1) is 0 Å². The fourth-order valence-electron chi connectivity index (χ4n) is 10.8. The number of H-pyrrole nitrogens is 1. The third-order valence-corrected chi connectivity index (χ3v) is 15.0. The molecule has 5 fully saturated rings. The van der Waals surface area contributed by atoms with Crippen LogP contribution in [0, 0.1) is 17.2 Å². The highest BCUT2D eigenvalue weighted by Crippen LogP contribution is 2.53. The van der Waals surface area contributed by atoms with E-state index in [4.69, 9.17) is 4.98 Å². The lowest BCUT2D eigenvalue weighted by molar-refractivity contribution is -0.134. The van der Waals surface area contributed by atoms with Crippen molar-refractivity contribution in [3.05, 3.63) is 123 Å². The van der Waals surface area contributed by atoms with Gasteiger partial charge in [0, 0.05) is 116 Å². The third-order valence-electron chi connectivity index (χ3n) is 15.0. The van der Waals surface area contributed by atoms with Crippen molar-refractivity contribution in [1.29, 1.82) is 0 Å². The highest BCUT2D eigenvalue weighted by molar-refractivity contribution is 6.03. The Balaban J connectivity index is 0.660. The van der Waals surface area contributed by atoms with Crippen molar-refractivity contribution in [2.75, 3.05) is 103 Å². The van der Waals surface area contributed by atoms with Gasteiger partial charge in [-0.25, -0.2) is 24.4 Å². The maximum absolute atomic E-state index is 15.1. The minimum Gasteiger partial charge on any atom is -0.338 e. The number of carbonyl (C=O) groups is 4. The van der Waals surface area contributed by atoms with Gasteiger partial charge in [0.25, 0.3) is 17.4 Å². The van der Waals surface area contributed by atoms with Crippen LogP contribution in [-0.2, 0) is 22.6 Å². The first-order chi connectivity index (χ1) is 34.1.